The fourth-order valence-electron chi connectivity index (χ4n) is 4.10. The first-order valence-corrected chi connectivity index (χ1v) is 12.3. The lowest BCUT2D eigenvalue weighted by Gasteiger charge is -2.22. The molecule has 0 saturated heterocycles. The molecule has 0 radical (unpaired) electrons. The number of carbonyl (C=O) groups excluding carboxylic acids is 2. The fraction of sp³-hybridized carbons (Fsp3) is 0.542. The summed E-state index contributed by atoms with van der Waals surface area (Å²) in [5.41, 5.74) is -0.575. The molecule has 2 amide bonds. The van der Waals surface area contributed by atoms with Crippen molar-refractivity contribution in [2.75, 3.05) is 20.3 Å². The molecule has 7 nitrogen and oxygen atoms in total. The van der Waals surface area contributed by atoms with Crippen molar-refractivity contribution in [2.45, 2.75) is 58.0 Å². The second-order valence-corrected chi connectivity index (χ2v) is 9.29. The highest BCUT2D eigenvalue weighted by molar-refractivity contribution is 7.10. The van der Waals surface area contributed by atoms with E-state index in [1.807, 2.05) is 24.4 Å². The van der Waals surface area contributed by atoms with Gasteiger partial charge in [-0.15, -0.1) is 11.3 Å². The molecule has 0 bridgehead atoms. The van der Waals surface area contributed by atoms with Gasteiger partial charge in [0.15, 0.2) is 0 Å². The maximum absolute atomic E-state index is 13.1. The third kappa shape index (κ3) is 6.29. The van der Waals surface area contributed by atoms with E-state index < -0.39 is 17.2 Å². The van der Waals surface area contributed by atoms with Gasteiger partial charge in [-0.2, -0.15) is 0 Å². The number of hydrogen-bond donors (Lipinski definition) is 2. The molecule has 174 valence electrons. The SMILES string of the molecule is CC[C@H](NC(=O)c1cn(CCOC)cc(C(=O)NCC2CCCCC2)c1=O)c1cccs1. The number of aromatic nitrogens is 1. The van der Waals surface area contributed by atoms with Crippen LogP contribution in [0.2, 0.25) is 0 Å². The molecule has 1 aliphatic carbocycles. The summed E-state index contributed by atoms with van der Waals surface area (Å²) in [5.74, 6) is -0.443. The molecule has 0 aliphatic heterocycles. The van der Waals surface area contributed by atoms with Crippen LogP contribution in [-0.4, -0.2) is 36.6 Å². The minimum Gasteiger partial charge on any atom is -0.383 e. The number of rotatable bonds is 10. The van der Waals surface area contributed by atoms with E-state index in [9.17, 15) is 14.4 Å². The molecular weight excluding hydrogens is 426 g/mol. The summed E-state index contributed by atoms with van der Waals surface area (Å²) in [5, 5.41) is 7.83. The first kappa shape index (κ1) is 24.2. The van der Waals surface area contributed by atoms with E-state index >= 15 is 0 Å². The molecule has 1 atom stereocenters. The fourth-order valence-corrected chi connectivity index (χ4v) is 4.97. The first-order valence-electron chi connectivity index (χ1n) is 11.4. The summed E-state index contributed by atoms with van der Waals surface area (Å²) >= 11 is 1.56. The van der Waals surface area contributed by atoms with E-state index in [0.717, 1.165) is 17.7 Å². The molecule has 1 saturated carbocycles. The van der Waals surface area contributed by atoms with Gasteiger partial charge in [-0.1, -0.05) is 32.3 Å². The van der Waals surface area contributed by atoms with Crippen molar-refractivity contribution >= 4 is 23.2 Å². The summed E-state index contributed by atoms with van der Waals surface area (Å²) in [6.07, 6.45) is 9.54. The maximum atomic E-state index is 13.1. The number of hydrogen-bond acceptors (Lipinski definition) is 5. The van der Waals surface area contributed by atoms with Crippen LogP contribution in [-0.2, 0) is 11.3 Å². The van der Waals surface area contributed by atoms with Crippen LogP contribution in [0.1, 0.15) is 77.1 Å². The Kier molecular flexibility index (Phi) is 9.05. The van der Waals surface area contributed by atoms with E-state index in [-0.39, 0.29) is 17.2 Å². The second kappa shape index (κ2) is 12.0. The lowest BCUT2D eigenvalue weighted by molar-refractivity contribution is 0.0933. The Morgan fingerprint density at radius 2 is 1.91 bits per heavy atom. The molecular formula is C24H33N3O4S. The van der Waals surface area contributed by atoms with E-state index in [2.05, 4.69) is 10.6 Å². The Balaban J connectivity index is 1.81. The Bertz CT molecular complexity index is 949. The molecule has 8 heteroatoms. The number of amides is 2. The number of nitrogens with zero attached hydrogens (tertiary/aromatic N) is 1. The molecule has 0 spiro atoms. The van der Waals surface area contributed by atoms with E-state index in [4.69, 9.17) is 4.74 Å². The van der Waals surface area contributed by atoms with E-state index in [1.165, 1.54) is 31.7 Å². The lowest BCUT2D eigenvalue weighted by atomic mass is 9.89. The van der Waals surface area contributed by atoms with Crippen LogP contribution in [0.25, 0.3) is 0 Å². The average Bonchev–Trinajstić information content (AvgIpc) is 3.35. The zero-order chi connectivity index (χ0) is 22.9. The highest BCUT2D eigenvalue weighted by Crippen LogP contribution is 2.23. The summed E-state index contributed by atoms with van der Waals surface area (Å²) in [4.78, 5) is 40.1. The van der Waals surface area contributed by atoms with Crippen molar-refractivity contribution in [3.05, 3.63) is 56.1 Å². The third-order valence-corrected chi connectivity index (χ3v) is 6.98. The van der Waals surface area contributed by atoms with Gasteiger partial charge in [-0.05, 0) is 36.6 Å². The number of carbonyl (C=O) groups is 2. The van der Waals surface area contributed by atoms with Crippen molar-refractivity contribution in [1.29, 1.82) is 0 Å². The van der Waals surface area contributed by atoms with Gasteiger partial charge in [0.1, 0.15) is 11.1 Å². The molecule has 1 aliphatic rings. The predicted octanol–water partition coefficient (Wildman–Crippen LogP) is 3.75. The van der Waals surface area contributed by atoms with Crippen LogP contribution in [0.4, 0.5) is 0 Å². The molecule has 0 aromatic carbocycles. The smallest absolute Gasteiger partial charge is 0.257 e. The number of pyridine rings is 1. The van der Waals surface area contributed by atoms with Crippen LogP contribution in [0, 0.1) is 5.92 Å². The van der Waals surface area contributed by atoms with Gasteiger partial charge >= 0.3 is 0 Å². The predicted molar refractivity (Wildman–Crippen MR) is 126 cm³/mol. The first-order chi connectivity index (χ1) is 15.5. The van der Waals surface area contributed by atoms with Gasteiger partial charge in [0.2, 0.25) is 5.43 Å². The van der Waals surface area contributed by atoms with Gasteiger partial charge in [0.25, 0.3) is 11.8 Å². The molecule has 32 heavy (non-hydrogen) atoms. The monoisotopic (exact) mass is 459 g/mol. The van der Waals surface area contributed by atoms with Crippen LogP contribution in [0.5, 0.6) is 0 Å². The number of ether oxygens (including phenoxy) is 1. The highest BCUT2D eigenvalue weighted by Gasteiger charge is 2.23. The maximum Gasteiger partial charge on any atom is 0.257 e. The van der Waals surface area contributed by atoms with Gasteiger partial charge in [-0.25, -0.2) is 0 Å². The standard InChI is InChI=1S/C24H33N3O4S/c1-3-20(21-10-7-13-32-21)26-24(30)19-16-27(11-12-31-2)15-18(22(19)28)23(29)25-14-17-8-5-4-6-9-17/h7,10,13,15-17,20H,3-6,8-9,11-12,14H2,1-2H3,(H,25,29)(H,26,30)/t20-/m0/s1. The zero-order valence-electron chi connectivity index (χ0n) is 18.9. The topological polar surface area (TPSA) is 89.4 Å². The van der Waals surface area contributed by atoms with Crippen molar-refractivity contribution in [2.24, 2.45) is 5.92 Å². The third-order valence-electron chi connectivity index (χ3n) is 6.00. The largest absolute Gasteiger partial charge is 0.383 e. The van der Waals surface area contributed by atoms with Crippen molar-refractivity contribution < 1.29 is 14.3 Å². The molecule has 2 heterocycles. The highest BCUT2D eigenvalue weighted by atomic mass is 32.1. The van der Waals surface area contributed by atoms with Gasteiger partial charge in [-0.3, -0.25) is 14.4 Å². The summed E-state index contributed by atoms with van der Waals surface area (Å²) < 4.78 is 6.82. The van der Waals surface area contributed by atoms with Gasteiger partial charge < -0.3 is 19.9 Å². The van der Waals surface area contributed by atoms with Crippen molar-refractivity contribution in [1.82, 2.24) is 15.2 Å². The second-order valence-electron chi connectivity index (χ2n) is 8.31. The van der Waals surface area contributed by atoms with Crippen LogP contribution < -0.4 is 16.1 Å². The Morgan fingerprint density at radius 1 is 1.19 bits per heavy atom. The summed E-state index contributed by atoms with van der Waals surface area (Å²) in [6.45, 7) is 3.38. The molecule has 2 N–H and O–H groups in total. The van der Waals surface area contributed by atoms with Crippen LogP contribution in [0.3, 0.4) is 0 Å². The summed E-state index contributed by atoms with van der Waals surface area (Å²) in [7, 11) is 1.58. The van der Waals surface area contributed by atoms with Crippen LogP contribution in [0.15, 0.2) is 34.7 Å². The minimum atomic E-state index is -0.543. The van der Waals surface area contributed by atoms with E-state index in [0.29, 0.717) is 32.0 Å². The van der Waals surface area contributed by atoms with Crippen molar-refractivity contribution in [3.63, 3.8) is 0 Å². The van der Waals surface area contributed by atoms with Gasteiger partial charge in [0.05, 0.1) is 12.6 Å². The number of thiophene rings is 1. The molecule has 3 rings (SSSR count). The molecule has 2 aromatic rings. The average molecular weight is 460 g/mol. The number of nitrogens with one attached hydrogen (secondary N) is 2. The van der Waals surface area contributed by atoms with Crippen molar-refractivity contribution in [3.8, 4) is 0 Å². The Morgan fingerprint density at radius 3 is 2.53 bits per heavy atom. The molecule has 2 aromatic heterocycles. The lowest BCUT2D eigenvalue weighted by Crippen LogP contribution is -2.38. The Hall–Kier alpha value is -2.45. The van der Waals surface area contributed by atoms with Gasteiger partial charge in [0, 0.05) is 37.5 Å². The quantitative estimate of drug-likeness (QED) is 0.566. The summed E-state index contributed by atoms with van der Waals surface area (Å²) in [6, 6.07) is 3.72. The normalized spacial score (nSPS) is 15.3. The molecule has 0 unspecified atom stereocenters. The molecule has 1 fully saturated rings. The zero-order valence-corrected chi connectivity index (χ0v) is 19.7. The minimum absolute atomic E-state index is 0.00580. The van der Waals surface area contributed by atoms with E-state index in [1.54, 1.807) is 23.0 Å². The Labute approximate surface area is 193 Å². The number of methoxy groups -OCH3 is 1. The van der Waals surface area contributed by atoms with Crippen LogP contribution >= 0.6 is 11.3 Å².